The first kappa shape index (κ1) is 19.2. The Hall–Kier alpha value is -3.60. The van der Waals surface area contributed by atoms with E-state index in [-0.39, 0.29) is 18.4 Å². The summed E-state index contributed by atoms with van der Waals surface area (Å²) in [6.45, 7) is 0.780. The Balaban J connectivity index is 1.44. The summed E-state index contributed by atoms with van der Waals surface area (Å²) in [5.74, 6) is 0.307. The molecule has 2 N–H and O–H groups in total. The van der Waals surface area contributed by atoms with Crippen LogP contribution in [0, 0.1) is 0 Å². The molecule has 0 unspecified atom stereocenters. The van der Waals surface area contributed by atoms with Crippen molar-refractivity contribution >= 4 is 11.8 Å². The smallest absolute Gasteiger partial charge is 0.251 e. The van der Waals surface area contributed by atoms with Crippen LogP contribution in [-0.2, 0) is 17.9 Å². The third kappa shape index (κ3) is 5.99. The molecule has 2 amide bonds. The van der Waals surface area contributed by atoms with E-state index >= 15 is 0 Å². The monoisotopic (exact) mass is 374 g/mol. The van der Waals surface area contributed by atoms with Crippen molar-refractivity contribution in [3.8, 4) is 5.75 Å². The Morgan fingerprint density at radius 1 is 0.750 bits per heavy atom. The number of nitrogens with one attached hydrogen (secondary N) is 2. The maximum absolute atomic E-state index is 12.0. The highest BCUT2D eigenvalue weighted by Gasteiger charge is 2.07. The van der Waals surface area contributed by atoms with Crippen molar-refractivity contribution in [2.75, 3.05) is 6.54 Å². The number of para-hydroxylation sites is 1. The highest BCUT2D eigenvalue weighted by atomic mass is 16.5. The largest absolute Gasteiger partial charge is 0.489 e. The standard InChI is InChI=1S/C23H22N2O3/c26-22(16-25-23(27)20-10-3-1-4-11-20)24-15-18-8-7-9-19(14-18)17-28-21-12-5-2-6-13-21/h1-14H,15-17H2,(H,24,26)(H,25,27). The molecule has 5 nitrogen and oxygen atoms in total. The van der Waals surface area contributed by atoms with Gasteiger partial charge < -0.3 is 15.4 Å². The molecule has 0 aromatic heterocycles. The average Bonchev–Trinajstić information content (AvgIpc) is 2.76. The first-order valence-corrected chi connectivity index (χ1v) is 9.06. The number of hydrogen-bond donors (Lipinski definition) is 2. The summed E-state index contributed by atoms with van der Waals surface area (Å²) in [6, 6.07) is 26.3. The Bertz CT molecular complexity index is 911. The van der Waals surface area contributed by atoms with Gasteiger partial charge in [0.2, 0.25) is 5.91 Å². The van der Waals surface area contributed by atoms with Crippen LogP contribution in [0.3, 0.4) is 0 Å². The number of carbonyl (C=O) groups is 2. The van der Waals surface area contributed by atoms with Crippen LogP contribution in [0.1, 0.15) is 21.5 Å². The Morgan fingerprint density at radius 3 is 2.18 bits per heavy atom. The van der Waals surface area contributed by atoms with Gasteiger partial charge in [-0.2, -0.15) is 0 Å². The summed E-state index contributed by atoms with van der Waals surface area (Å²) in [4.78, 5) is 23.9. The predicted molar refractivity (Wildman–Crippen MR) is 108 cm³/mol. The molecule has 0 saturated heterocycles. The van der Waals surface area contributed by atoms with Gasteiger partial charge in [0.05, 0.1) is 6.54 Å². The van der Waals surface area contributed by atoms with Crippen molar-refractivity contribution in [3.63, 3.8) is 0 Å². The van der Waals surface area contributed by atoms with Gasteiger partial charge in [-0.25, -0.2) is 0 Å². The molecule has 142 valence electrons. The minimum absolute atomic E-state index is 0.0649. The molecule has 3 rings (SSSR count). The van der Waals surface area contributed by atoms with E-state index in [2.05, 4.69) is 10.6 Å². The topological polar surface area (TPSA) is 67.4 Å². The Morgan fingerprint density at radius 2 is 1.43 bits per heavy atom. The van der Waals surface area contributed by atoms with Gasteiger partial charge in [0, 0.05) is 12.1 Å². The third-order valence-electron chi connectivity index (χ3n) is 4.08. The fraction of sp³-hybridized carbons (Fsp3) is 0.130. The highest BCUT2D eigenvalue weighted by Crippen LogP contribution is 2.12. The van der Waals surface area contributed by atoms with Gasteiger partial charge in [0.15, 0.2) is 0 Å². The van der Waals surface area contributed by atoms with Gasteiger partial charge in [0.25, 0.3) is 5.91 Å². The number of benzene rings is 3. The van der Waals surface area contributed by atoms with Gasteiger partial charge in [-0.1, -0.05) is 60.7 Å². The van der Waals surface area contributed by atoms with E-state index in [4.69, 9.17) is 4.74 Å². The SMILES string of the molecule is O=C(CNC(=O)c1ccccc1)NCc1cccc(COc2ccccc2)c1. The van der Waals surface area contributed by atoms with E-state index in [1.54, 1.807) is 24.3 Å². The van der Waals surface area contributed by atoms with E-state index in [9.17, 15) is 9.59 Å². The van der Waals surface area contributed by atoms with Crippen LogP contribution < -0.4 is 15.4 Å². The van der Waals surface area contributed by atoms with Crippen LogP contribution in [0.2, 0.25) is 0 Å². The molecule has 0 aliphatic rings. The Kier molecular flexibility index (Phi) is 6.79. The molecule has 0 radical (unpaired) electrons. The summed E-state index contributed by atoms with van der Waals surface area (Å²) >= 11 is 0. The number of amides is 2. The fourth-order valence-electron chi connectivity index (χ4n) is 2.63. The van der Waals surface area contributed by atoms with Crippen molar-refractivity contribution in [2.45, 2.75) is 13.2 Å². The summed E-state index contributed by atoms with van der Waals surface area (Å²) in [5.41, 5.74) is 2.52. The minimum atomic E-state index is -0.268. The number of hydrogen-bond acceptors (Lipinski definition) is 3. The first-order valence-electron chi connectivity index (χ1n) is 9.06. The molecule has 0 bridgehead atoms. The maximum Gasteiger partial charge on any atom is 0.251 e. The van der Waals surface area contributed by atoms with Gasteiger partial charge in [0.1, 0.15) is 12.4 Å². The number of carbonyl (C=O) groups excluding carboxylic acids is 2. The molecule has 0 heterocycles. The quantitative estimate of drug-likeness (QED) is 0.636. The van der Waals surface area contributed by atoms with Gasteiger partial charge in [-0.3, -0.25) is 9.59 Å². The van der Waals surface area contributed by atoms with E-state index < -0.39 is 0 Å². The van der Waals surface area contributed by atoms with E-state index in [0.717, 1.165) is 16.9 Å². The van der Waals surface area contributed by atoms with Crippen LogP contribution in [0.15, 0.2) is 84.9 Å². The van der Waals surface area contributed by atoms with Crippen molar-refractivity contribution in [1.82, 2.24) is 10.6 Å². The minimum Gasteiger partial charge on any atom is -0.489 e. The molecule has 0 atom stereocenters. The van der Waals surface area contributed by atoms with Crippen LogP contribution in [-0.4, -0.2) is 18.4 Å². The van der Waals surface area contributed by atoms with Gasteiger partial charge in [-0.15, -0.1) is 0 Å². The molecule has 0 spiro atoms. The molecule has 3 aromatic carbocycles. The van der Waals surface area contributed by atoms with Gasteiger partial charge in [-0.05, 0) is 35.4 Å². The molecule has 28 heavy (non-hydrogen) atoms. The zero-order chi connectivity index (χ0) is 19.6. The zero-order valence-electron chi connectivity index (χ0n) is 15.4. The summed E-state index contributed by atoms with van der Waals surface area (Å²) < 4.78 is 5.74. The average molecular weight is 374 g/mol. The lowest BCUT2D eigenvalue weighted by atomic mass is 10.1. The lowest BCUT2D eigenvalue weighted by Crippen LogP contribution is -2.36. The van der Waals surface area contributed by atoms with Crippen molar-refractivity contribution in [1.29, 1.82) is 0 Å². The fourth-order valence-corrected chi connectivity index (χ4v) is 2.63. The van der Waals surface area contributed by atoms with Gasteiger partial charge >= 0.3 is 0 Å². The normalized spacial score (nSPS) is 10.1. The summed E-state index contributed by atoms with van der Waals surface area (Å²) in [5, 5.41) is 5.43. The van der Waals surface area contributed by atoms with E-state index in [0.29, 0.717) is 18.7 Å². The van der Waals surface area contributed by atoms with Crippen molar-refractivity contribution in [2.24, 2.45) is 0 Å². The second-order valence-corrected chi connectivity index (χ2v) is 6.25. The molecule has 5 heteroatoms. The molecule has 0 fully saturated rings. The molecule has 0 aliphatic carbocycles. The van der Waals surface area contributed by atoms with Crippen LogP contribution in [0.5, 0.6) is 5.75 Å². The van der Waals surface area contributed by atoms with E-state index in [1.165, 1.54) is 0 Å². The van der Waals surface area contributed by atoms with Crippen molar-refractivity contribution in [3.05, 3.63) is 102 Å². The molecule has 3 aromatic rings. The molecule has 0 aliphatic heterocycles. The van der Waals surface area contributed by atoms with Crippen molar-refractivity contribution < 1.29 is 14.3 Å². The maximum atomic E-state index is 12.0. The third-order valence-corrected chi connectivity index (χ3v) is 4.08. The predicted octanol–water partition coefficient (Wildman–Crippen LogP) is 3.31. The molecular weight excluding hydrogens is 352 g/mol. The first-order chi connectivity index (χ1) is 13.7. The lowest BCUT2D eigenvalue weighted by molar-refractivity contribution is -0.120. The summed E-state index contributed by atoms with van der Waals surface area (Å²) in [6.07, 6.45) is 0. The highest BCUT2D eigenvalue weighted by molar-refractivity contribution is 5.96. The zero-order valence-corrected chi connectivity index (χ0v) is 15.4. The van der Waals surface area contributed by atoms with Crippen LogP contribution in [0.4, 0.5) is 0 Å². The lowest BCUT2D eigenvalue weighted by Gasteiger charge is -2.09. The molecule has 0 saturated carbocycles. The molecular formula is C23H22N2O3. The second-order valence-electron chi connectivity index (χ2n) is 6.25. The summed E-state index contributed by atoms with van der Waals surface area (Å²) in [7, 11) is 0. The second kappa shape index (κ2) is 9.92. The Labute approximate surface area is 164 Å². The van der Waals surface area contributed by atoms with E-state index in [1.807, 2.05) is 60.7 Å². The number of ether oxygens (including phenoxy) is 1. The van der Waals surface area contributed by atoms with Crippen LogP contribution >= 0.6 is 0 Å². The van der Waals surface area contributed by atoms with Crippen LogP contribution in [0.25, 0.3) is 0 Å². The number of rotatable bonds is 8.